The van der Waals surface area contributed by atoms with Gasteiger partial charge in [-0.05, 0) is 29.8 Å². The van der Waals surface area contributed by atoms with Crippen molar-refractivity contribution >= 4 is 0 Å². The maximum Gasteiger partial charge on any atom is 0.417 e. The first-order chi connectivity index (χ1) is 9.60. The molecule has 0 atom stereocenters. The van der Waals surface area contributed by atoms with Crippen LogP contribution in [0.1, 0.15) is 11.1 Å². The Morgan fingerprint density at radius 1 is 0.667 bits per heavy atom. The summed E-state index contributed by atoms with van der Waals surface area (Å²) in [5.41, 5.74) is -3.77. The maximum absolute atomic E-state index is 13.7. The van der Waals surface area contributed by atoms with Crippen LogP contribution in [0.25, 0.3) is 11.1 Å². The third-order valence-electron chi connectivity index (χ3n) is 2.82. The van der Waals surface area contributed by atoms with Crippen molar-refractivity contribution in [2.24, 2.45) is 0 Å². The van der Waals surface area contributed by atoms with E-state index in [0.29, 0.717) is 24.3 Å². The maximum atomic E-state index is 13.7. The number of rotatable bonds is 1. The van der Waals surface area contributed by atoms with Gasteiger partial charge in [-0.2, -0.15) is 26.3 Å². The van der Waals surface area contributed by atoms with Crippen molar-refractivity contribution in [1.82, 2.24) is 0 Å². The fraction of sp³-hybridized carbons (Fsp3) is 0.143. The first-order valence-electron chi connectivity index (χ1n) is 5.64. The summed E-state index contributed by atoms with van der Waals surface area (Å²) in [5, 5.41) is 0. The molecule has 0 saturated heterocycles. The molecule has 21 heavy (non-hydrogen) atoms. The highest BCUT2D eigenvalue weighted by molar-refractivity contribution is 5.69. The van der Waals surface area contributed by atoms with Crippen molar-refractivity contribution in [3.05, 3.63) is 59.4 Å². The van der Waals surface area contributed by atoms with Crippen molar-refractivity contribution in [2.75, 3.05) is 0 Å². The highest BCUT2D eigenvalue weighted by atomic mass is 19.4. The van der Waals surface area contributed by atoms with Gasteiger partial charge in [0, 0.05) is 5.56 Å². The van der Waals surface area contributed by atoms with Crippen LogP contribution < -0.4 is 0 Å². The van der Waals surface area contributed by atoms with Crippen molar-refractivity contribution in [2.45, 2.75) is 12.4 Å². The average Bonchev–Trinajstić information content (AvgIpc) is 2.37. The van der Waals surface area contributed by atoms with Gasteiger partial charge in [-0.15, -0.1) is 0 Å². The third kappa shape index (κ3) is 3.17. The molecule has 2 rings (SSSR count). The van der Waals surface area contributed by atoms with Crippen molar-refractivity contribution in [3.8, 4) is 11.1 Å². The van der Waals surface area contributed by atoms with E-state index in [0.717, 1.165) is 12.1 Å². The molecule has 0 aliphatic rings. The van der Waals surface area contributed by atoms with Crippen LogP contribution in [0.15, 0.2) is 42.5 Å². The molecule has 2 aromatic carbocycles. The Bertz CT molecular complexity index is 653. The number of hydrogen-bond donors (Lipinski definition) is 0. The van der Waals surface area contributed by atoms with Crippen LogP contribution >= 0.6 is 0 Å². The van der Waals surface area contributed by atoms with Gasteiger partial charge in [0.15, 0.2) is 0 Å². The van der Waals surface area contributed by atoms with Crippen molar-refractivity contribution in [3.63, 3.8) is 0 Å². The SMILES string of the molecule is Fc1ccc(C(F)(F)F)cc1-c1ccccc1C(F)(F)F. The smallest absolute Gasteiger partial charge is 0.206 e. The quantitative estimate of drug-likeness (QED) is 0.608. The minimum atomic E-state index is -4.79. The van der Waals surface area contributed by atoms with E-state index in [4.69, 9.17) is 0 Å². The first kappa shape index (κ1) is 15.3. The van der Waals surface area contributed by atoms with E-state index in [1.54, 1.807) is 0 Å². The fourth-order valence-electron chi connectivity index (χ4n) is 1.87. The molecule has 112 valence electrons. The molecule has 0 aromatic heterocycles. The fourth-order valence-corrected chi connectivity index (χ4v) is 1.87. The Labute approximate surface area is 114 Å². The molecule has 0 fully saturated rings. The van der Waals surface area contributed by atoms with Crippen LogP contribution in [-0.2, 0) is 12.4 Å². The van der Waals surface area contributed by atoms with E-state index in [1.807, 2.05) is 0 Å². The molecule has 0 bridgehead atoms. The first-order valence-corrected chi connectivity index (χ1v) is 5.64. The number of halogens is 7. The zero-order valence-corrected chi connectivity index (χ0v) is 10.2. The molecule has 2 aromatic rings. The van der Waals surface area contributed by atoms with E-state index in [9.17, 15) is 30.7 Å². The van der Waals surface area contributed by atoms with Gasteiger partial charge in [-0.25, -0.2) is 4.39 Å². The Morgan fingerprint density at radius 3 is 1.86 bits per heavy atom. The van der Waals surface area contributed by atoms with Crippen molar-refractivity contribution in [1.29, 1.82) is 0 Å². The van der Waals surface area contributed by atoms with Gasteiger partial charge in [-0.1, -0.05) is 18.2 Å². The lowest BCUT2D eigenvalue weighted by atomic mass is 9.97. The molecule has 0 spiro atoms. The molecule has 0 heterocycles. The lowest BCUT2D eigenvalue weighted by molar-refractivity contribution is -0.137. The summed E-state index contributed by atoms with van der Waals surface area (Å²) >= 11 is 0. The van der Waals surface area contributed by atoms with Crippen LogP contribution in [0.2, 0.25) is 0 Å². The second kappa shape index (κ2) is 5.05. The van der Waals surface area contributed by atoms with E-state index in [-0.39, 0.29) is 0 Å². The van der Waals surface area contributed by atoms with Crippen LogP contribution in [0.3, 0.4) is 0 Å². The third-order valence-corrected chi connectivity index (χ3v) is 2.82. The summed E-state index contributed by atoms with van der Waals surface area (Å²) in [6.45, 7) is 0. The summed E-state index contributed by atoms with van der Waals surface area (Å²) in [4.78, 5) is 0. The molecule has 0 aliphatic heterocycles. The Kier molecular flexibility index (Phi) is 3.69. The van der Waals surface area contributed by atoms with Gasteiger partial charge < -0.3 is 0 Å². The highest BCUT2D eigenvalue weighted by Crippen LogP contribution is 2.39. The molecule has 0 aliphatic carbocycles. The van der Waals surface area contributed by atoms with Crippen LogP contribution in [0.5, 0.6) is 0 Å². The van der Waals surface area contributed by atoms with Crippen LogP contribution in [-0.4, -0.2) is 0 Å². The number of alkyl halides is 6. The molecular formula is C14H7F7. The van der Waals surface area contributed by atoms with E-state index >= 15 is 0 Å². The summed E-state index contributed by atoms with van der Waals surface area (Å²) in [6.07, 6.45) is -9.56. The topological polar surface area (TPSA) is 0 Å². The van der Waals surface area contributed by atoms with E-state index < -0.39 is 40.4 Å². The predicted molar refractivity (Wildman–Crippen MR) is 61.8 cm³/mol. The molecular weight excluding hydrogens is 301 g/mol. The van der Waals surface area contributed by atoms with Crippen LogP contribution in [0, 0.1) is 5.82 Å². The van der Waals surface area contributed by atoms with E-state index in [2.05, 4.69) is 0 Å². The normalized spacial score (nSPS) is 12.5. The number of hydrogen-bond acceptors (Lipinski definition) is 0. The van der Waals surface area contributed by atoms with Crippen LogP contribution in [0.4, 0.5) is 30.7 Å². The van der Waals surface area contributed by atoms with Gasteiger partial charge >= 0.3 is 12.4 Å². The number of benzene rings is 2. The zero-order valence-electron chi connectivity index (χ0n) is 10.2. The Balaban J connectivity index is 2.68. The summed E-state index contributed by atoms with van der Waals surface area (Å²) < 4.78 is 90.1. The summed E-state index contributed by atoms with van der Waals surface area (Å²) in [5.74, 6) is -1.15. The molecule has 0 amide bonds. The predicted octanol–water partition coefficient (Wildman–Crippen LogP) is 5.53. The summed E-state index contributed by atoms with van der Waals surface area (Å²) in [6, 6.07) is 5.26. The minimum Gasteiger partial charge on any atom is -0.206 e. The average molecular weight is 308 g/mol. The lowest BCUT2D eigenvalue weighted by Crippen LogP contribution is -2.09. The van der Waals surface area contributed by atoms with Gasteiger partial charge in [0.1, 0.15) is 5.82 Å². The molecule has 7 heteroatoms. The second-order valence-corrected chi connectivity index (χ2v) is 4.24. The van der Waals surface area contributed by atoms with Gasteiger partial charge in [0.25, 0.3) is 0 Å². The lowest BCUT2D eigenvalue weighted by Gasteiger charge is -2.15. The largest absolute Gasteiger partial charge is 0.417 e. The monoisotopic (exact) mass is 308 g/mol. The second-order valence-electron chi connectivity index (χ2n) is 4.24. The van der Waals surface area contributed by atoms with Gasteiger partial charge in [0.05, 0.1) is 11.1 Å². The Hall–Kier alpha value is -2.05. The van der Waals surface area contributed by atoms with E-state index in [1.165, 1.54) is 6.07 Å². The minimum absolute atomic E-state index is 0.375. The Morgan fingerprint density at radius 2 is 1.29 bits per heavy atom. The molecule has 0 unspecified atom stereocenters. The molecule has 0 saturated carbocycles. The van der Waals surface area contributed by atoms with Crippen molar-refractivity contribution < 1.29 is 30.7 Å². The molecule has 0 nitrogen and oxygen atoms in total. The van der Waals surface area contributed by atoms with Gasteiger partial charge in [0.2, 0.25) is 0 Å². The summed E-state index contributed by atoms with van der Waals surface area (Å²) in [7, 11) is 0. The highest BCUT2D eigenvalue weighted by Gasteiger charge is 2.35. The zero-order chi connectivity index (χ0) is 15.8. The standard InChI is InChI=1S/C14H7F7/c15-12-6-5-8(13(16,17)18)7-10(12)9-3-1-2-4-11(9)14(19,20)21/h1-7H. The van der Waals surface area contributed by atoms with Gasteiger partial charge in [-0.3, -0.25) is 0 Å². The molecule has 0 N–H and O–H groups in total. The molecule has 0 radical (unpaired) electrons.